The van der Waals surface area contributed by atoms with E-state index in [9.17, 15) is 0 Å². The molecule has 0 atom stereocenters. The lowest BCUT2D eigenvalue weighted by Crippen LogP contribution is -2.61. The van der Waals surface area contributed by atoms with E-state index >= 15 is 0 Å². The summed E-state index contributed by atoms with van der Waals surface area (Å²) in [7, 11) is 1.90. The maximum atomic E-state index is 5.79. The van der Waals surface area contributed by atoms with Crippen LogP contribution in [0.15, 0.2) is 6.20 Å². The van der Waals surface area contributed by atoms with Crippen molar-refractivity contribution in [2.75, 3.05) is 13.1 Å². The molecule has 2 rings (SSSR count). The molecular formula is C9H15N3O. The van der Waals surface area contributed by atoms with Gasteiger partial charge in [0.05, 0.1) is 0 Å². The van der Waals surface area contributed by atoms with Crippen LogP contribution in [0.25, 0.3) is 0 Å². The molecule has 2 heterocycles. The Bertz CT molecular complexity index is 315. The zero-order chi connectivity index (χ0) is 9.47. The number of rotatable bonds is 2. The standard InChI is InChI=1S/C9H15N3O/c1-7-4-12(3)11-8(7)13-9(2)5-10-6-9/h4,10H,5-6H2,1-3H3. The summed E-state index contributed by atoms with van der Waals surface area (Å²) in [6.07, 6.45) is 1.96. The van der Waals surface area contributed by atoms with Crippen molar-refractivity contribution in [1.82, 2.24) is 15.1 Å². The first-order valence-electron chi connectivity index (χ1n) is 4.49. The van der Waals surface area contributed by atoms with Gasteiger partial charge in [-0.2, -0.15) is 0 Å². The lowest BCUT2D eigenvalue weighted by atomic mass is 10.0. The van der Waals surface area contributed by atoms with Gasteiger partial charge in [-0.3, -0.25) is 4.68 Å². The minimum absolute atomic E-state index is 0.0564. The Morgan fingerprint density at radius 2 is 2.31 bits per heavy atom. The lowest BCUT2D eigenvalue weighted by molar-refractivity contribution is 0.0293. The highest BCUT2D eigenvalue weighted by Crippen LogP contribution is 2.22. The summed E-state index contributed by atoms with van der Waals surface area (Å²) >= 11 is 0. The van der Waals surface area contributed by atoms with E-state index < -0.39 is 0 Å². The highest BCUT2D eigenvalue weighted by atomic mass is 16.5. The van der Waals surface area contributed by atoms with Gasteiger partial charge in [-0.05, 0) is 13.8 Å². The number of ether oxygens (including phenoxy) is 1. The fraction of sp³-hybridized carbons (Fsp3) is 0.667. The number of hydrogen-bond acceptors (Lipinski definition) is 3. The third-order valence-electron chi connectivity index (χ3n) is 2.31. The molecule has 0 amide bonds. The molecule has 0 aromatic carbocycles. The molecule has 1 saturated heterocycles. The van der Waals surface area contributed by atoms with Gasteiger partial charge >= 0.3 is 0 Å². The highest BCUT2D eigenvalue weighted by molar-refractivity contribution is 5.22. The number of aryl methyl sites for hydroxylation is 2. The van der Waals surface area contributed by atoms with Gasteiger partial charge in [0.2, 0.25) is 5.88 Å². The summed E-state index contributed by atoms with van der Waals surface area (Å²) < 4.78 is 7.57. The number of hydrogen-bond donors (Lipinski definition) is 1. The monoisotopic (exact) mass is 181 g/mol. The predicted molar refractivity (Wildman–Crippen MR) is 49.8 cm³/mol. The molecule has 0 bridgehead atoms. The third-order valence-corrected chi connectivity index (χ3v) is 2.31. The normalized spacial score (nSPS) is 19.6. The average Bonchev–Trinajstić information content (AvgIpc) is 2.27. The van der Waals surface area contributed by atoms with Gasteiger partial charge in [0, 0.05) is 31.9 Å². The number of aromatic nitrogens is 2. The molecule has 1 aromatic rings. The molecule has 1 N–H and O–H groups in total. The van der Waals surface area contributed by atoms with Crippen LogP contribution in [0, 0.1) is 6.92 Å². The molecule has 0 saturated carbocycles. The highest BCUT2D eigenvalue weighted by Gasteiger charge is 2.34. The maximum absolute atomic E-state index is 5.79. The van der Waals surface area contributed by atoms with Crippen LogP contribution in [-0.2, 0) is 7.05 Å². The van der Waals surface area contributed by atoms with Crippen molar-refractivity contribution in [3.05, 3.63) is 11.8 Å². The van der Waals surface area contributed by atoms with E-state index in [2.05, 4.69) is 17.3 Å². The molecule has 72 valence electrons. The van der Waals surface area contributed by atoms with E-state index in [0.717, 1.165) is 24.5 Å². The van der Waals surface area contributed by atoms with Gasteiger partial charge < -0.3 is 10.1 Å². The summed E-state index contributed by atoms with van der Waals surface area (Å²) in [5.74, 6) is 0.756. The first-order chi connectivity index (χ1) is 6.09. The van der Waals surface area contributed by atoms with Gasteiger partial charge in [-0.1, -0.05) is 0 Å². The molecule has 0 unspecified atom stereocenters. The van der Waals surface area contributed by atoms with Crippen LogP contribution in [0.5, 0.6) is 5.88 Å². The van der Waals surface area contributed by atoms with Crippen molar-refractivity contribution < 1.29 is 4.74 Å². The smallest absolute Gasteiger partial charge is 0.236 e. The molecule has 0 radical (unpaired) electrons. The van der Waals surface area contributed by atoms with Crippen LogP contribution in [-0.4, -0.2) is 28.5 Å². The topological polar surface area (TPSA) is 39.1 Å². The van der Waals surface area contributed by atoms with E-state index in [1.54, 1.807) is 4.68 Å². The fourth-order valence-corrected chi connectivity index (χ4v) is 1.47. The van der Waals surface area contributed by atoms with Gasteiger partial charge in [0.15, 0.2) is 0 Å². The fourth-order valence-electron chi connectivity index (χ4n) is 1.47. The van der Waals surface area contributed by atoms with Crippen LogP contribution in [0.2, 0.25) is 0 Å². The molecule has 1 aliphatic heterocycles. The van der Waals surface area contributed by atoms with Gasteiger partial charge in [-0.25, -0.2) is 0 Å². The zero-order valence-corrected chi connectivity index (χ0v) is 8.29. The number of nitrogens with one attached hydrogen (secondary N) is 1. The van der Waals surface area contributed by atoms with Crippen molar-refractivity contribution in [1.29, 1.82) is 0 Å². The van der Waals surface area contributed by atoms with E-state index in [-0.39, 0.29) is 5.60 Å². The first kappa shape index (κ1) is 8.56. The second-order valence-corrected chi connectivity index (χ2v) is 3.95. The van der Waals surface area contributed by atoms with Crippen molar-refractivity contribution in [2.24, 2.45) is 7.05 Å². The maximum Gasteiger partial charge on any atom is 0.236 e. The largest absolute Gasteiger partial charge is 0.467 e. The van der Waals surface area contributed by atoms with Gasteiger partial charge in [-0.15, -0.1) is 5.10 Å². The molecule has 4 nitrogen and oxygen atoms in total. The summed E-state index contributed by atoms with van der Waals surface area (Å²) in [5.41, 5.74) is 1.04. The van der Waals surface area contributed by atoms with E-state index in [1.807, 2.05) is 20.2 Å². The lowest BCUT2D eigenvalue weighted by Gasteiger charge is -2.38. The SMILES string of the molecule is Cc1cn(C)nc1OC1(C)CNC1. The van der Waals surface area contributed by atoms with Crippen LogP contribution >= 0.6 is 0 Å². The Kier molecular flexibility index (Phi) is 1.80. The Morgan fingerprint density at radius 3 is 2.69 bits per heavy atom. The van der Waals surface area contributed by atoms with E-state index in [0.29, 0.717) is 0 Å². The second kappa shape index (κ2) is 2.73. The summed E-state index contributed by atoms with van der Waals surface area (Å²) in [6, 6.07) is 0. The van der Waals surface area contributed by atoms with Crippen LogP contribution in [0.4, 0.5) is 0 Å². The van der Waals surface area contributed by atoms with Crippen molar-refractivity contribution in [2.45, 2.75) is 19.4 Å². The summed E-state index contributed by atoms with van der Waals surface area (Å²) in [4.78, 5) is 0. The van der Waals surface area contributed by atoms with Crippen LogP contribution in [0.3, 0.4) is 0 Å². The quantitative estimate of drug-likeness (QED) is 0.721. The average molecular weight is 181 g/mol. The molecule has 0 spiro atoms. The molecule has 4 heteroatoms. The molecule has 1 aliphatic rings. The second-order valence-electron chi connectivity index (χ2n) is 3.95. The summed E-state index contributed by atoms with van der Waals surface area (Å²) in [6.45, 7) is 5.92. The molecule has 1 fully saturated rings. The predicted octanol–water partition coefficient (Wildman–Crippen LogP) is 0.469. The van der Waals surface area contributed by atoms with Crippen molar-refractivity contribution in [3.8, 4) is 5.88 Å². The Morgan fingerprint density at radius 1 is 1.62 bits per heavy atom. The molecule has 1 aromatic heterocycles. The minimum Gasteiger partial charge on any atom is -0.467 e. The number of nitrogens with zero attached hydrogens (tertiary/aromatic N) is 2. The minimum atomic E-state index is -0.0564. The van der Waals surface area contributed by atoms with Crippen LogP contribution < -0.4 is 10.1 Å². The molecular weight excluding hydrogens is 166 g/mol. The summed E-state index contributed by atoms with van der Waals surface area (Å²) in [5, 5.41) is 7.43. The van der Waals surface area contributed by atoms with Gasteiger partial charge in [0.1, 0.15) is 5.60 Å². The van der Waals surface area contributed by atoms with Crippen LogP contribution in [0.1, 0.15) is 12.5 Å². The molecule has 13 heavy (non-hydrogen) atoms. The van der Waals surface area contributed by atoms with E-state index in [4.69, 9.17) is 4.74 Å². The van der Waals surface area contributed by atoms with Crippen molar-refractivity contribution >= 4 is 0 Å². The van der Waals surface area contributed by atoms with Gasteiger partial charge in [0.25, 0.3) is 0 Å². The Labute approximate surface area is 77.9 Å². The molecule has 0 aliphatic carbocycles. The Balaban J connectivity index is 2.12. The Hall–Kier alpha value is -1.03. The van der Waals surface area contributed by atoms with E-state index in [1.165, 1.54) is 0 Å². The first-order valence-corrected chi connectivity index (χ1v) is 4.49. The van der Waals surface area contributed by atoms with Crippen molar-refractivity contribution in [3.63, 3.8) is 0 Å². The zero-order valence-electron chi connectivity index (χ0n) is 8.29. The third kappa shape index (κ3) is 1.54.